The molecule has 3 N–H and O–H groups in total. The van der Waals surface area contributed by atoms with Crippen LogP contribution in [0.3, 0.4) is 0 Å². The zero-order valence-electron chi connectivity index (χ0n) is 11.2. The molecule has 0 saturated carbocycles. The molecule has 1 fully saturated rings. The Kier molecular flexibility index (Phi) is 2.59. The third-order valence-electron chi connectivity index (χ3n) is 3.58. The molecule has 0 spiro atoms. The Morgan fingerprint density at radius 1 is 1.42 bits per heavy atom. The van der Waals surface area contributed by atoms with Gasteiger partial charge in [0, 0.05) is 11.0 Å². The summed E-state index contributed by atoms with van der Waals surface area (Å²) in [5.41, 5.74) is 8.28. The summed E-state index contributed by atoms with van der Waals surface area (Å²) in [6.07, 6.45) is 0.841. The Morgan fingerprint density at radius 3 is 2.74 bits per heavy atom. The number of aromatic nitrogens is 1. The van der Waals surface area contributed by atoms with Crippen LogP contribution in [0, 0.1) is 0 Å². The number of aromatic amines is 1. The molecule has 0 bridgehead atoms. The van der Waals surface area contributed by atoms with Gasteiger partial charge in [-0.15, -0.1) is 0 Å². The van der Waals surface area contributed by atoms with E-state index in [0.717, 1.165) is 17.5 Å². The number of fused-ring (bicyclic) bond motifs is 1. The van der Waals surface area contributed by atoms with Crippen LogP contribution in [-0.4, -0.2) is 23.7 Å². The number of rotatable bonds is 3. The molecule has 102 valence electrons. The number of benzene rings is 1. The lowest BCUT2D eigenvalue weighted by Gasteiger charge is -2.45. The van der Waals surface area contributed by atoms with Gasteiger partial charge in [-0.1, -0.05) is 6.07 Å². The van der Waals surface area contributed by atoms with Crippen molar-refractivity contribution >= 4 is 11.1 Å². The van der Waals surface area contributed by atoms with Gasteiger partial charge < -0.3 is 14.9 Å². The van der Waals surface area contributed by atoms with Crippen LogP contribution >= 0.6 is 0 Å². The van der Waals surface area contributed by atoms with Crippen LogP contribution in [0.25, 0.3) is 11.1 Å². The second-order valence-electron chi connectivity index (χ2n) is 6.16. The van der Waals surface area contributed by atoms with E-state index < -0.39 is 5.76 Å². The van der Waals surface area contributed by atoms with E-state index in [1.165, 1.54) is 0 Å². The van der Waals surface area contributed by atoms with E-state index in [1.54, 1.807) is 0 Å². The fourth-order valence-electron chi connectivity index (χ4n) is 2.87. The van der Waals surface area contributed by atoms with Crippen LogP contribution in [0.15, 0.2) is 27.4 Å². The number of ether oxygens (including phenoxy) is 1. The molecule has 1 saturated heterocycles. The van der Waals surface area contributed by atoms with Crippen LogP contribution in [-0.2, 0) is 10.2 Å². The molecule has 0 atom stereocenters. The van der Waals surface area contributed by atoms with Crippen molar-refractivity contribution in [2.75, 3.05) is 13.2 Å². The highest BCUT2D eigenvalue weighted by Crippen LogP contribution is 2.39. The summed E-state index contributed by atoms with van der Waals surface area (Å²) in [5.74, 6) is -0.426. The highest BCUT2D eigenvalue weighted by Gasteiger charge is 2.43. The maximum Gasteiger partial charge on any atom is 0.417 e. The fourth-order valence-corrected chi connectivity index (χ4v) is 2.87. The molecule has 1 aromatic carbocycles. The average molecular weight is 262 g/mol. The van der Waals surface area contributed by atoms with Gasteiger partial charge in [-0.05, 0) is 38.0 Å². The van der Waals surface area contributed by atoms with Crippen molar-refractivity contribution in [3.8, 4) is 0 Å². The highest BCUT2D eigenvalue weighted by atomic mass is 16.5. The molecule has 19 heavy (non-hydrogen) atoms. The number of hydrogen-bond acceptors (Lipinski definition) is 4. The SMILES string of the molecule is CC(C)(N)CC1(c2ccc3oc(=O)[nH]c3c2)COC1. The van der Waals surface area contributed by atoms with Gasteiger partial charge in [0.25, 0.3) is 0 Å². The van der Waals surface area contributed by atoms with E-state index >= 15 is 0 Å². The number of nitrogens with one attached hydrogen (secondary N) is 1. The summed E-state index contributed by atoms with van der Waals surface area (Å²) in [6.45, 7) is 5.37. The molecule has 1 aliphatic heterocycles. The van der Waals surface area contributed by atoms with Crippen molar-refractivity contribution < 1.29 is 9.15 Å². The number of hydrogen-bond donors (Lipinski definition) is 2. The lowest BCUT2D eigenvalue weighted by atomic mass is 9.71. The van der Waals surface area contributed by atoms with Crippen molar-refractivity contribution in [1.82, 2.24) is 4.98 Å². The standard InChI is InChI=1S/C14H18N2O3/c1-13(2,15)6-14(7-18-8-14)9-3-4-11-10(5-9)16-12(17)19-11/h3-5H,6-8,15H2,1-2H3,(H,16,17). The van der Waals surface area contributed by atoms with E-state index in [9.17, 15) is 4.79 Å². The maximum atomic E-state index is 11.2. The summed E-state index contributed by atoms with van der Waals surface area (Å²) in [4.78, 5) is 13.9. The molecule has 1 aromatic heterocycles. The summed E-state index contributed by atoms with van der Waals surface area (Å²) < 4.78 is 10.4. The summed E-state index contributed by atoms with van der Waals surface area (Å²) in [7, 11) is 0. The normalized spacial score (nSPS) is 18.5. The van der Waals surface area contributed by atoms with Crippen molar-refractivity contribution in [3.05, 3.63) is 34.3 Å². The van der Waals surface area contributed by atoms with Gasteiger partial charge in [0.15, 0.2) is 5.58 Å². The molecule has 0 amide bonds. The van der Waals surface area contributed by atoms with Crippen molar-refractivity contribution in [2.45, 2.75) is 31.2 Å². The van der Waals surface area contributed by atoms with E-state index in [4.69, 9.17) is 14.9 Å². The first-order valence-corrected chi connectivity index (χ1v) is 6.38. The fraction of sp³-hybridized carbons (Fsp3) is 0.500. The Bertz CT molecular complexity index is 659. The first-order chi connectivity index (χ1) is 8.88. The van der Waals surface area contributed by atoms with Gasteiger partial charge in [-0.2, -0.15) is 0 Å². The minimum atomic E-state index is -0.426. The highest BCUT2D eigenvalue weighted by molar-refractivity contribution is 5.73. The summed E-state index contributed by atoms with van der Waals surface area (Å²) in [5, 5.41) is 0. The van der Waals surface area contributed by atoms with Crippen LogP contribution in [0.4, 0.5) is 0 Å². The molecule has 0 unspecified atom stereocenters. The van der Waals surface area contributed by atoms with E-state index in [0.29, 0.717) is 18.8 Å². The quantitative estimate of drug-likeness (QED) is 0.878. The molecular formula is C14H18N2O3. The lowest BCUT2D eigenvalue weighted by molar-refractivity contribution is -0.0718. The first-order valence-electron chi connectivity index (χ1n) is 6.38. The molecule has 1 aliphatic rings. The molecule has 5 heteroatoms. The number of oxazole rings is 1. The minimum Gasteiger partial charge on any atom is -0.408 e. The van der Waals surface area contributed by atoms with E-state index in [-0.39, 0.29) is 11.0 Å². The van der Waals surface area contributed by atoms with Crippen LogP contribution in [0.5, 0.6) is 0 Å². The smallest absolute Gasteiger partial charge is 0.408 e. The lowest BCUT2D eigenvalue weighted by Crippen LogP contribution is -2.53. The van der Waals surface area contributed by atoms with Gasteiger partial charge in [0.1, 0.15) is 0 Å². The predicted molar refractivity (Wildman–Crippen MR) is 72.2 cm³/mol. The van der Waals surface area contributed by atoms with Crippen LogP contribution in [0.1, 0.15) is 25.8 Å². The van der Waals surface area contributed by atoms with E-state index in [2.05, 4.69) is 4.98 Å². The molecule has 2 aromatic rings. The summed E-state index contributed by atoms with van der Waals surface area (Å²) in [6, 6.07) is 5.79. The minimum absolute atomic E-state index is 0.0550. The Hall–Kier alpha value is -1.59. The van der Waals surface area contributed by atoms with Crippen LogP contribution in [0.2, 0.25) is 0 Å². The van der Waals surface area contributed by atoms with E-state index in [1.807, 2.05) is 32.0 Å². The third-order valence-corrected chi connectivity index (χ3v) is 3.58. The number of nitrogens with two attached hydrogens (primary N) is 1. The zero-order chi connectivity index (χ0) is 13.7. The Labute approximate surface area is 110 Å². The van der Waals surface area contributed by atoms with Gasteiger partial charge in [0.05, 0.1) is 18.7 Å². The molecule has 3 rings (SSSR count). The van der Waals surface area contributed by atoms with Crippen molar-refractivity contribution in [2.24, 2.45) is 5.73 Å². The predicted octanol–water partition coefficient (Wildman–Crippen LogP) is 1.52. The molecule has 2 heterocycles. The Morgan fingerprint density at radius 2 is 2.16 bits per heavy atom. The maximum absolute atomic E-state index is 11.2. The second kappa shape index (κ2) is 3.95. The van der Waals surface area contributed by atoms with Gasteiger partial charge in [-0.25, -0.2) is 4.79 Å². The van der Waals surface area contributed by atoms with Crippen LogP contribution < -0.4 is 11.5 Å². The molecular weight excluding hydrogens is 244 g/mol. The van der Waals surface area contributed by atoms with Gasteiger partial charge in [0.2, 0.25) is 0 Å². The average Bonchev–Trinajstić information content (AvgIpc) is 2.61. The largest absolute Gasteiger partial charge is 0.417 e. The van der Waals surface area contributed by atoms with Crippen molar-refractivity contribution in [3.63, 3.8) is 0 Å². The van der Waals surface area contributed by atoms with Gasteiger partial charge >= 0.3 is 5.76 Å². The zero-order valence-corrected chi connectivity index (χ0v) is 11.2. The monoisotopic (exact) mass is 262 g/mol. The Balaban J connectivity index is 2.03. The first kappa shape index (κ1) is 12.4. The second-order valence-corrected chi connectivity index (χ2v) is 6.16. The summed E-state index contributed by atoms with van der Waals surface area (Å²) >= 11 is 0. The van der Waals surface area contributed by atoms with Gasteiger partial charge in [-0.3, -0.25) is 4.98 Å². The third kappa shape index (κ3) is 2.19. The number of H-pyrrole nitrogens is 1. The molecule has 0 radical (unpaired) electrons. The van der Waals surface area contributed by atoms with Crippen molar-refractivity contribution in [1.29, 1.82) is 0 Å². The topological polar surface area (TPSA) is 81.2 Å². The molecule has 0 aliphatic carbocycles. The molecule has 5 nitrogen and oxygen atoms in total.